The zero-order chi connectivity index (χ0) is 16.5. The van der Waals surface area contributed by atoms with Crippen molar-refractivity contribution < 1.29 is 18.8 Å². The van der Waals surface area contributed by atoms with E-state index in [1.807, 2.05) is 13.8 Å². The van der Waals surface area contributed by atoms with Crippen LogP contribution in [-0.2, 0) is 16.1 Å². The van der Waals surface area contributed by atoms with E-state index in [0.717, 1.165) is 0 Å². The summed E-state index contributed by atoms with van der Waals surface area (Å²) in [6.45, 7) is 3.77. The lowest BCUT2D eigenvalue weighted by atomic mass is 9.98. The third kappa shape index (κ3) is 5.86. The Hall–Kier alpha value is -2.51. The van der Waals surface area contributed by atoms with Crippen LogP contribution in [0.1, 0.15) is 26.0 Å². The number of nitrogens with one attached hydrogen (secondary N) is 3. The lowest BCUT2D eigenvalue weighted by molar-refractivity contribution is -0.128. The number of furan rings is 1. The van der Waals surface area contributed by atoms with Crippen LogP contribution in [0.3, 0.4) is 0 Å². The highest BCUT2D eigenvalue weighted by Gasteiger charge is 2.25. The number of urea groups is 1. The first-order valence-electron chi connectivity index (χ1n) is 7.06. The van der Waals surface area contributed by atoms with Gasteiger partial charge in [-0.25, -0.2) is 4.79 Å². The highest BCUT2D eigenvalue weighted by Crippen LogP contribution is 2.07. The molecule has 1 aromatic rings. The van der Waals surface area contributed by atoms with Crippen LogP contribution in [0.4, 0.5) is 4.79 Å². The van der Waals surface area contributed by atoms with Gasteiger partial charge in [-0.2, -0.15) is 0 Å². The minimum atomic E-state index is -0.775. The van der Waals surface area contributed by atoms with E-state index in [1.54, 1.807) is 12.1 Å². The largest absolute Gasteiger partial charge is 0.467 e. The Bertz CT molecular complexity index is 501. The van der Waals surface area contributed by atoms with Gasteiger partial charge in [0, 0.05) is 0 Å². The number of carbonyl (C=O) groups is 3. The van der Waals surface area contributed by atoms with Gasteiger partial charge in [0.25, 0.3) is 0 Å². The number of primary amides is 1. The Morgan fingerprint density at radius 3 is 2.59 bits per heavy atom. The van der Waals surface area contributed by atoms with Gasteiger partial charge in [-0.15, -0.1) is 0 Å². The summed E-state index contributed by atoms with van der Waals surface area (Å²) >= 11 is 0. The molecule has 4 amide bonds. The van der Waals surface area contributed by atoms with Gasteiger partial charge in [-0.05, 0) is 18.1 Å². The van der Waals surface area contributed by atoms with E-state index in [4.69, 9.17) is 10.2 Å². The normalized spacial score (nSPS) is 13.0. The van der Waals surface area contributed by atoms with Crippen molar-refractivity contribution in [2.75, 3.05) is 6.54 Å². The predicted molar refractivity (Wildman–Crippen MR) is 79.5 cm³/mol. The Kier molecular flexibility index (Phi) is 6.94. The van der Waals surface area contributed by atoms with E-state index < -0.39 is 18.0 Å². The first-order valence-corrected chi connectivity index (χ1v) is 7.06. The topological polar surface area (TPSA) is 126 Å². The molecule has 1 aromatic heterocycles. The second kappa shape index (κ2) is 8.71. The van der Waals surface area contributed by atoms with Gasteiger partial charge in [0.2, 0.25) is 11.8 Å². The van der Waals surface area contributed by atoms with Crippen molar-refractivity contribution in [3.63, 3.8) is 0 Å². The summed E-state index contributed by atoms with van der Waals surface area (Å²) in [6.07, 6.45) is 2.19. The number of carbonyl (C=O) groups excluding carboxylic acids is 3. The zero-order valence-electron chi connectivity index (χ0n) is 12.7. The SMILES string of the molecule is CCC(C)C(NC(N)=O)C(=O)NCC(=O)NCc1ccco1. The van der Waals surface area contributed by atoms with Gasteiger partial charge in [0.05, 0.1) is 19.4 Å². The molecular formula is C14H22N4O4. The fourth-order valence-electron chi connectivity index (χ4n) is 1.79. The fraction of sp³-hybridized carbons (Fsp3) is 0.500. The van der Waals surface area contributed by atoms with Gasteiger partial charge in [-0.3, -0.25) is 9.59 Å². The second-order valence-corrected chi connectivity index (χ2v) is 4.95. The molecule has 0 fully saturated rings. The smallest absolute Gasteiger partial charge is 0.312 e. The fourth-order valence-corrected chi connectivity index (χ4v) is 1.79. The maximum Gasteiger partial charge on any atom is 0.312 e. The molecule has 0 aliphatic carbocycles. The number of amides is 4. The molecule has 0 aliphatic heterocycles. The van der Waals surface area contributed by atoms with E-state index in [9.17, 15) is 14.4 Å². The molecule has 2 atom stereocenters. The van der Waals surface area contributed by atoms with Crippen LogP contribution in [0, 0.1) is 5.92 Å². The molecule has 0 aliphatic rings. The van der Waals surface area contributed by atoms with Crippen molar-refractivity contribution in [1.82, 2.24) is 16.0 Å². The molecule has 0 saturated heterocycles. The highest BCUT2D eigenvalue weighted by atomic mass is 16.3. The van der Waals surface area contributed by atoms with Crippen LogP contribution in [0.25, 0.3) is 0 Å². The molecule has 22 heavy (non-hydrogen) atoms. The Morgan fingerprint density at radius 2 is 2.05 bits per heavy atom. The van der Waals surface area contributed by atoms with Crippen LogP contribution >= 0.6 is 0 Å². The molecule has 5 N–H and O–H groups in total. The summed E-state index contributed by atoms with van der Waals surface area (Å²) in [5.74, 6) is -0.278. The Balaban J connectivity index is 2.41. The van der Waals surface area contributed by atoms with Gasteiger partial charge >= 0.3 is 6.03 Å². The van der Waals surface area contributed by atoms with E-state index in [2.05, 4.69) is 16.0 Å². The number of hydrogen-bond donors (Lipinski definition) is 4. The Labute approximate surface area is 128 Å². The van der Waals surface area contributed by atoms with Gasteiger partial charge < -0.3 is 26.1 Å². The molecule has 1 heterocycles. The summed E-state index contributed by atoms with van der Waals surface area (Å²) in [4.78, 5) is 34.6. The van der Waals surface area contributed by atoms with Crippen molar-refractivity contribution in [3.8, 4) is 0 Å². The standard InChI is InChI=1S/C14H22N4O4/c1-3-9(2)12(18-14(15)21)13(20)17-8-11(19)16-7-10-5-4-6-22-10/h4-6,9,12H,3,7-8H2,1-2H3,(H,16,19)(H,17,20)(H3,15,18,21). The zero-order valence-corrected chi connectivity index (χ0v) is 12.7. The summed E-state index contributed by atoms with van der Waals surface area (Å²) in [6, 6.07) is 1.91. The van der Waals surface area contributed by atoms with Crippen molar-refractivity contribution in [3.05, 3.63) is 24.2 Å². The van der Waals surface area contributed by atoms with Crippen molar-refractivity contribution in [2.45, 2.75) is 32.9 Å². The second-order valence-electron chi connectivity index (χ2n) is 4.95. The van der Waals surface area contributed by atoms with E-state index in [0.29, 0.717) is 12.2 Å². The van der Waals surface area contributed by atoms with Crippen molar-refractivity contribution >= 4 is 17.8 Å². The van der Waals surface area contributed by atoms with Crippen molar-refractivity contribution in [1.29, 1.82) is 0 Å². The van der Waals surface area contributed by atoms with Gasteiger partial charge in [-0.1, -0.05) is 20.3 Å². The van der Waals surface area contributed by atoms with Gasteiger partial charge in [0.15, 0.2) is 0 Å². The molecule has 1 rings (SSSR count). The third-order valence-electron chi connectivity index (χ3n) is 3.26. The number of nitrogens with two attached hydrogens (primary N) is 1. The van der Waals surface area contributed by atoms with E-state index in [-0.39, 0.29) is 24.9 Å². The lowest BCUT2D eigenvalue weighted by Crippen LogP contribution is -2.53. The molecule has 0 bridgehead atoms. The molecule has 0 radical (unpaired) electrons. The van der Waals surface area contributed by atoms with Crippen LogP contribution in [-0.4, -0.2) is 30.4 Å². The number of hydrogen-bond acceptors (Lipinski definition) is 4. The van der Waals surface area contributed by atoms with Gasteiger partial charge in [0.1, 0.15) is 11.8 Å². The van der Waals surface area contributed by atoms with Crippen LogP contribution < -0.4 is 21.7 Å². The first kappa shape index (κ1) is 17.5. The number of rotatable bonds is 8. The third-order valence-corrected chi connectivity index (χ3v) is 3.26. The molecule has 122 valence electrons. The molecule has 0 spiro atoms. The average Bonchev–Trinajstić information content (AvgIpc) is 3.00. The lowest BCUT2D eigenvalue weighted by Gasteiger charge is -2.22. The van der Waals surface area contributed by atoms with E-state index in [1.165, 1.54) is 6.26 Å². The summed E-state index contributed by atoms with van der Waals surface area (Å²) in [7, 11) is 0. The van der Waals surface area contributed by atoms with Crippen LogP contribution in [0.2, 0.25) is 0 Å². The molecule has 2 unspecified atom stereocenters. The molecular weight excluding hydrogens is 288 g/mol. The van der Waals surface area contributed by atoms with Crippen molar-refractivity contribution in [2.24, 2.45) is 11.7 Å². The minimum Gasteiger partial charge on any atom is -0.467 e. The molecule has 0 aromatic carbocycles. The highest BCUT2D eigenvalue weighted by molar-refractivity contribution is 5.90. The first-order chi connectivity index (χ1) is 10.4. The average molecular weight is 310 g/mol. The molecule has 8 heteroatoms. The minimum absolute atomic E-state index is 0.0984. The summed E-state index contributed by atoms with van der Waals surface area (Å²) in [5.41, 5.74) is 5.06. The monoisotopic (exact) mass is 310 g/mol. The summed E-state index contributed by atoms with van der Waals surface area (Å²) < 4.78 is 5.07. The van der Waals surface area contributed by atoms with Crippen LogP contribution in [0.5, 0.6) is 0 Å². The van der Waals surface area contributed by atoms with E-state index >= 15 is 0 Å². The maximum atomic E-state index is 12.0. The quantitative estimate of drug-likeness (QED) is 0.543. The Morgan fingerprint density at radius 1 is 1.32 bits per heavy atom. The molecule has 8 nitrogen and oxygen atoms in total. The molecule has 0 saturated carbocycles. The van der Waals surface area contributed by atoms with Crippen LogP contribution in [0.15, 0.2) is 22.8 Å². The predicted octanol–water partition coefficient (Wildman–Crippen LogP) is 0.0950. The maximum absolute atomic E-state index is 12.0. The summed E-state index contributed by atoms with van der Waals surface area (Å²) in [5, 5.41) is 7.47.